The van der Waals surface area contributed by atoms with Crippen LogP contribution in [0, 0.1) is 0 Å². The lowest BCUT2D eigenvalue weighted by atomic mass is 9.99. The molecule has 1 amide bonds. The van der Waals surface area contributed by atoms with Crippen LogP contribution in [0.15, 0.2) is 36.4 Å². The van der Waals surface area contributed by atoms with Crippen LogP contribution in [0.5, 0.6) is 0 Å². The van der Waals surface area contributed by atoms with Crippen LogP contribution in [0.1, 0.15) is 37.7 Å². The number of hydrogen-bond acceptors (Lipinski definition) is 2. The summed E-state index contributed by atoms with van der Waals surface area (Å²) in [6, 6.07) is 10.4. The molecule has 3 nitrogen and oxygen atoms in total. The summed E-state index contributed by atoms with van der Waals surface area (Å²) in [4.78, 5) is 14.0. The molecular weight excluding hydrogens is 248 g/mol. The van der Waals surface area contributed by atoms with Gasteiger partial charge < -0.3 is 10.6 Å². The molecule has 0 fully saturated rings. The topological polar surface area (TPSA) is 46.3 Å². The van der Waals surface area contributed by atoms with E-state index in [-0.39, 0.29) is 5.91 Å². The molecule has 1 aliphatic rings. The van der Waals surface area contributed by atoms with Gasteiger partial charge in [0.15, 0.2) is 0 Å². The van der Waals surface area contributed by atoms with Gasteiger partial charge in [0.25, 0.3) is 0 Å². The number of hydrogen-bond donors (Lipinski definition) is 1. The van der Waals surface area contributed by atoms with Gasteiger partial charge in [-0.25, -0.2) is 0 Å². The van der Waals surface area contributed by atoms with Crippen molar-refractivity contribution in [3.05, 3.63) is 42.0 Å². The van der Waals surface area contributed by atoms with E-state index in [9.17, 15) is 4.79 Å². The molecule has 1 aliphatic heterocycles. The Morgan fingerprint density at radius 2 is 1.95 bits per heavy atom. The molecule has 108 valence electrons. The maximum atomic E-state index is 12.1. The summed E-state index contributed by atoms with van der Waals surface area (Å²) in [6.07, 6.45) is 6.85. The van der Waals surface area contributed by atoms with Crippen LogP contribution in [0.4, 0.5) is 0 Å². The smallest absolute Gasteiger partial charge is 0.222 e. The third kappa shape index (κ3) is 4.20. The molecule has 0 spiro atoms. The summed E-state index contributed by atoms with van der Waals surface area (Å²) in [5.74, 6) is 0.283. The van der Waals surface area contributed by atoms with Gasteiger partial charge in [-0.05, 0) is 36.9 Å². The molecule has 2 rings (SSSR count). The first kappa shape index (κ1) is 14.8. The van der Waals surface area contributed by atoms with E-state index < -0.39 is 0 Å². The second-order valence-corrected chi connectivity index (χ2v) is 5.28. The second kappa shape index (κ2) is 7.85. The Morgan fingerprint density at radius 1 is 1.15 bits per heavy atom. The first-order valence-corrected chi connectivity index (χ1v) is 7.53. The number of rotatable bonds is 6. The van der Waals surface area contributed by atoms with Crippen LogP contribution < -0.4 is 5.73 Å². The minimum absolute atomic E-state index is 0.283. The van der Waals surface area contributed by atoms with Crippen LogP contribution in [0.2, 0.25) is 0 Å². The number of carbonyl (C=O) groups excluding carboxylic acids is 1. The average molecular weight is 272 g/mol. The Hall–Kier alpha value is -1.61. The first-order valence-electron chi connectivity index (χ1n) is 7.53. The van der Waals surface area contributed by atoms with Gasteiger partial charge in [-0.1, -0.05) is 42.8 Å². The first-order chi connectivity index (χ1) is 9.81. The summed E-state index contributed by atoms with van der Waals surface area (Å²) >= 11 is 0. The Balaban J connectivity index is 1.81. The Morgan fingerprint density at radius 3 is 2.60 bits per heavy atom. The Kier molecular flexibility index (Phi) is 5.81. The highest BCUT2D eigenvalue weighted by Crippen LogP contribution is 2.22. The van der Waals surface area contributed by atoms with Crippen molar-refractivity contribution < 1.29 is 4.79 Å². The number of carbonyl (C=O) groups is 1. The molecule has 0 saturated heterocycles. The van der Waals surface area contributed by atoms with Gasteiger partial charge in [-0.3, -0.25) is 4.79 Å². The average Bonchev–Trinajstić information content (AvgIpc) is 2.52. The van der Waals surface area contributed by atoms with Gasteiger partial charge >= 0.3 is 0 Å². The summed E-state index contributed by atoms with van der Waals surface area (Å²) in [5, 5.41) is 0. The lowest BCUT2D eigenvalue weighted by Crippen LogP contribution is -2.34. The third-order valence-corrected chi connectivity index (χ3v) is 3.80. The molecule has 0 unspecified atom stereocenters. The largest absolute Gasteiger partial charge is 0.339 e. The van der Waals surface area contributed by atoms with E-state index in [1.165, 1.54) is 11.1 Å². The minimum atomic E-state index is 0.283. The SMILES string of the molecule is NCCCCCC(=O)N1CC=C(c2ccccc2)CC1. The van der Waals surface area contributed by atoms with Gasteiger partial charge in [-0.2, -0.15) is 0 Å². The molecule has 0 atom stereocenters. The zero-order valence-electron chi connectivity index (χ0n) is 12.1. The molecule has 3 heteroatoms. The quantitative estimate of drug-likeness (QED) is 0.809. The zero-order chi connectivity index (χ0) is 14.2. The molecule has 1 aromatic carbocycles. The number of unbranched alkanes of at least 4 members (excludes halogenated alkanes) is 2. The highest BCUT2D eigenvalue weighted by Gasteiger charge is 2.17. The van der Waals surface area contributed by atoms with E-state index in [2.05, 4.69) is 30.3 Å². The molecular formula is C17H24N2O. The Labute approximate surface area is 121 Å². The molecule has 0 aromatic heterocycles. The monoisotopic (exact) mass is 272 g/mol. The fourth-order valence-electron chi connectivity index (χ4n) is 2.57. The third-order valence-electron chi connectivity index (χ3n) is 3.80. The van der Waals surface area contributed by atoms with Crippen molar-refractivity contribution in [1.29, 1.82) is 0 Å². The number of benzene rings is 1. The van der Waals surface area contributed by atoms with E-state index in [4.69, 9.17) is 5.73 Å². The number of nitrogens with zero attached hydrogens (tertiary/aromatic N) is 1. The van der Waals surface area contributed by atoms with Crippen molar-refractivity contribution in [3.8, 4) is 0 Å². The normalized spacial score (nSPS) is 15.1. The summed E-state index contributed by atoms with van der Waals surface area (Å²) in [7, 11) is 0. The summed E-state index contributed by atoms with van der Waals surface area (Å²) in [6.45, 7) is 2.32. The fraction of sp³-hybridized carbons (Fsp3) is 0.471. The van der Waals surface area contributed by atoms with E-state index in [0.717, 1.165) is 45.3 Å². The van der Waals surface area contributed by atoms with Crippen molar-refractivity contribution in [2.24, 2.45) is 5.73 Å². The standard InChI is InChI=1S/C17H24N2O/c18-12-6-2-5-9-17(20)19-13-10-16(11-14-19)15-7-3-1-4-8-15/h1,3-4,7-8,10H,2,5-6,9,11-14,18H2. The molecule has 0 aliphatic carbocycles. The van der Waals surface area contributed by atoms with Gasteiger partial charge in [0, 0.05) is 19.5 Å². The highest BCUT2D eigenvalue weighted by atomic mass is 16.2. The van der Waals surface area contributed by atoms with Crippen LogP contribution >= 0.6 is 0 Å². The summed E-state index contributed by atoms with van der Waals surface area (Å²) < 4.78 is 0. The Bertz CT molecular complexity index is 453. The van der Waals surface area contributed by atoms with Crippen LogP contribution in [0.3, 0.4) is 0 Å². The maximum Gasteiger partial charge on any atom is 0.222 e. The number of nitrogens with two attached hydrogens (primary N) is 1. The minimum Gasteiger partial charge on any atom is -0.339 e. The molecule has 1 aromatic rings. The van der Waals surface area contributed by atoms with Gasteiger partial charge in [0.2, 0.25) is 5.91 Å². The van der Waals surface area contributed by atoms with Crippen LogP contribution in [0.25, 0.3) is 5.57 Å². The van der Waals surface area contributed by atoms with Gasteiger partial charge in [0.05, 0.1) is 0 Å². The lowest BCUT2D eigenvalue weighted by molar-refractivity contribution is -0.130. The van der Waals surface area contributed by atoms with Crippen molar-refractivity contribution in [2.75, 3.05) is 19.6 Å². The predicted molar refractivity (Wildman–Crippen MR) is 83.1 cm³/mol. The van der Waals surface area contributed by atoms with Gasteiger partial charge in [-0.15, -0.1) is 0 Å². The van der Waals surface area contributed by atoms with Crippen molar-refractivity contribution in [1.82, 2.24) is 4.90 Å². The molecule has 2 N–H and O–H groups in total. The van der Waals surface area contributed by atoms with Crippen LogP contribution in [-0.2, 0) is 4.79 Å². The molecule has 0 saturated carbocycles. The van der Waals surface area contributed by atoms with E-state index >= 15 is 0 Å². The number of amides is 1. The molecule has 0 radical (unpaired) electrons. The predicted octanol–water partition coefficient (Wildman–Crippen LogP) is 2.82. The van der Waals surface area contributed by atoms with Crippen molar-refractivity contribution in [2.45, 2.75) is 32.1 Å². The van der Waals surface area contributed by atoms with Crippen molar-refractivity contribution >= 4 is 11.5 Å². The maximum absolute atomic E-state index is 12.1. The van der Waals surface area contributed by atoms with E-state index in [1.54, 1.807) is 0 Å². The van der Waals surface area contributed by atoms with Crippen molar-refractivity contribution in [3.63, 3.8) is 0 Å². The van der Waals surface area contributed by atoms with E-state index in [1.807, 2.05) is 11.0 Å². The van der Waals surface area contributed by atoms with E-state index in [0.29, 0.717) is 6.42 Å². The van der Waals surface area contributed by atoms with Crippen LogP contribution in [-0.4, -0.2) is 30.4 Å². The molecule has 0 bridgehead atoms. The summed E-state index contributed by atoms with van der Waals surface area (Å²) in [5.41, 5.74) is 8.09. The molecule has 1 heterocycles. The zero-order valence-corrected chi connectivity index (χ0v) is 12.1. The fourth-order valence-corrected chi connectivity index (χ4v) is 2.57. The second-order valence-electron chi connectivity index (χ2n) is 5.28. The highest BCUT2D eigenvalue weighted by molar-refractivity contribution is 5.78. The lowest BCUT2D eigenvalue weighted by Gasteiger charge is -2.26. The molecule has 20 heavy (non-hydrogen) atoms. The van der Waals surface area contributed by atoms with Gasteiger partial charge in [0.1, 0.15) is 0 Å².